The van der Waals surface area contributed by atoms with Crippen molar-refractivity contribution in [3.63, 3.8) is 0 Å². The maximum absolute atomic E-state index is 8.97. The Balaban J connectivity index is 1.39. The molecule has 0 bridgehead atoms. The monoisotopic (exact) mass is 526 g/mol. The van der Waals surface area contributed by atoms with Gasteiger partial charge in [0.25, 0.3) is 0 Å². The van der Waals surface area contributed by atoms with Crippen LogP contribution in [0.3, 0.4) is 0 Å². The van der Waals surface area contributed by atoms with E-state index < -0.39 is 6.04 Å². The molecule has 192 valence electrons. The minimum atomic E-state index is -0.416. The SMILES string of the molecule is [2H]c1c([2H])c([2H])c(N(c2ccc(-c3cc4ccccc4c4ccccc34)cc2)c2cc3ccccc3c3ccccc23)c([2H])c1[2H]. The van der Waals surface area contributed by atoms with Gasteiger partial charge in [-0.25, -0.2) is 0 Å². The molecule has 0 saturated carbocycles. The Morgan fingerprint density at radius 3 is 1.59 bits per heavy atom. The third kappa shape index (κ3) is 3.94. The number of benzene rings is 8. The van der Waals surface area contributed by atoms with Gasteiger partial charge in [0.2, 0.25) is 0 Å². The van der Waals surface area contributed by atoms with E-state index in [1.165, 1.54) is 10.8 Å². The highest BCUT2D eigenvalue weighted by Crippen LogP contribution is 2.43. The van der Waals surface area contributed by atoms with Crippen molar-refractivity contribution in [1.82, 2.24) is 0 Å². The summed E-state index contributed by atoms with van der Waals surface area (Å²) in [7, 11) is 0. The van der Waals surface area contributed by atoms with Crippen molar-refractivity contribution in [3.8, 4) is 11.1 Å². The fourth-order valence-corrected chi connectivity index (χ4v) is 6.05. The molecule has 0 aliphatic rings. The van der Waals surface area contributed by atoms with Crippen LogP contribution in [0.4, 0.5) is 17.1 Å². The Labute approximate surface area is 246 Å². The van der Waals surface area contributed by atoms with Gasteiger partial charge in [-0.15, -0.1) is 0 Å². The Morgan fingerprint density at radius 2 is 0.927 bits per heavy atom. The molecule has 8 aromatic rings. The Morgan fingerprint density at radius 1 is 0.415 bits per heavy atom. The first-order valence-corrected chi connectivity index (χ1v) is 13.7. The first-order valence-electron chi connectivity index (χ1n) is 16.2. The second kappa shape index (κ2) is 9.66. The summed E-state index contributed by atoms with van der Waals surface area (Å²) >= 11 is 0. The minimum absolute atomic E-state index is 0.107. The third-order valence-electron chi connectivity index (χ3n) is 7.90. The molecule has 0 heterocycles. The molecule has 0 saturated heterocycles. The lowest BCUT2D eigenvalue weighted by molar-refractivity contribution is 1.30. The second-order valence-corrected chi connectivity index (χ2v) is 10.2. The van der Waals surface area contributed by atoms with E-state index in [-0.39, 0.29) is 29.9 Å². The fraction of sp³-hybridized carbons (Fsp3) is 0. The highest BCUT2D eigenvalue weighted by atomic mass is 15.1. The van der Waals surface area contributed by atoms with Crippen LogP contribution in [0.25, 0.3) is 54.2 Å². The summed E-state index contributed by atoms with van der Waals surface area (Å²) in [5.74, 6) is 0. The lowest BCUT2D eigenvalue weighted by Gasteiger charge is -2.27. The quantitative estimate of drug-likeness (QED) is 0.206. The molecule has 1 heteroatoms. The Bertz CT molecular complexity index is 2460. The van der Waals surface area contributed by atoms with Gasteiger partial charge in [-0.2, -0.15) is 0 Å². The van der Waals surface area contributed by atoms with Crippen LogP contribution in [-0.4, -0.2) is 0 Å². The molecule has 0 aliphatic carbocycles. The van der Waals surface area contributed by atoms with Crippen molar-refractivity contribution >= 4 is 60.2 Å². The third-order valence-corrected chi connectivity index (χ3v) is 7.90. The lowest BCUT2D eigenvalue weighted by Crippen LogP contribution is -2.10. The molecule has 8 aromatic carbocycles. The van der Waals surface area contributed by atoms with Crippen molar-refractivity contribution in [2.24, 2.45) is 0 Å². The largest absolute Gasteiger partial charge is 0.310 e. The molecular formula is C40H27N. The van der Waals surface area contributed by atoms with Crippen molar-refractivity contribution in [3.05, 3.63) is 164 Å². The van der Waals surface area contributed by atoms with Crippen LogP contribution in [0, 0.1) is 0 Å². The Hall–Kier alpha value is -5.40. The van der Waals surface area contributed by atoms with E-state index in [0.717, 1.165) is 49.1 Å². The van der Waals surface area contributed by atoms with Gasteiger partial charge in [0.05, 0.1) is 12.5 Å². The van der Waals surface area contributed by atoms with E-state index in [1.54, 1.807) is 0 Å². The van der Waals surface area contributed by atoms with Crippen molar-refractivity contribution < 1.29 is 6.85 Å². The summed E-state index contributed by atoms with van der Waals surface area (Å²) in [5, 5.41) is 8.71. The number of nitrogens with zero attached hydrogens (tertiary/aromatic N) is 1. The average molecular weight is 527 g/mol. The lowest BCUT2D eigenvalue weighted by atomic mass is 9.93. The molecule has 0 N–H and O–H groups in total. The zero-order valence-electron chi connectivity index (χ0n) is 27.1. The normalized spacial score (nSPS) is 13.1. The van der Waals surface area contributed by atoms with Gasteiger partial charge < -0.3 is 4.90 Å². The first kappa shape index (κ1) is 18.8. The molecule has 8 rings (SSSR count). The summed E-state index contributed by atoms with van der Waals surface area (Å²) in [4.78, 5) is 1.82. The van der Waals surface area contributed by atoms with Gasteiger partial charge in [0.1, 0.15) is 0 Å². The zero-order chi connectivity index (χ0) is 31.5. The van der Waals surface area contributed by atoms with E-state index in [2.05, 4.69) is 78.9 Å². The fourth-order valence-electron chi connectivity index (χ4n) is 6.05. The highest BCUT2D eigenvalue weighted by Gasteiger charge is 2.17. The number of rotatable bonds is 4. The van der Waals surface area contributed by atoms with Crippen LogP contribution in [0.5, 0.6) is 0 Å². The van der Waals surface area contributed by atoms with Gasteiger partial charge >= 0.3 is 0 Å². The zero-order valence-corrected chi connectivity index (χ0v) is 22.1. The molecule has 0 aromatic heterocycles. The van der Waals surface area contributed by atoms with Crippen molar-refractivity contribution in [2.45, 2.75) is 0 Å². The van der Waals surface area contributed by atoms with E-state index >= 15 is 0 Å². The van der Waals surface area contributed by atoms with Crippen LogP contribution in [0.15, 0.2) is 164 Å². The minimum Gasteiger partial charge on any atom is -0.310 e. The molecule has 0 atom stereocenters. The van der Waals surface area contributed by atoms with E-state index in [0.29, 0.717) is 5.69 Å². The van der Waals surface area contributed by atoms with Crippen LogP contribution in [-0.2, 0) is 0 Å². The van der Waals surface area contributed by atoms with Gasteiger partial charge in [-0.1, -0.05) is 127 Å². The molecular weight excluding hydrogens is 494 g/mol. The van der Waals surface area contributed by atoms with Crippen LogP contribution >= 0.6 is 0 Å². The van der Waals surface area contributed by atoms with Gasteiger partial charge in [0.15, 0.2) is 0 Å². The van der Waals surface area contributed by atoms with E-state index in [4.69, 9.17) is 6.85 Å². The predicted octanol–water partition coefficient (Wildman–Crippen LogP) is 11.4. The molecule has 0 spiro atoms. The van der Waals surface area contributed by atoms with Crippen LogP contribution in [0.2, 0.25) is 0 Å². The summed E-state index contributed by atoms with van der Waals surface area (Å²) in [6.07, 6.45) is 0. The molecule has 0 fully saturated rings. The standard InChI is InChI=1S/C40H27N/c1-2-14-31(15-3-1)41(40-27-30-13-5-7-17-34(30)36-19-10-11-21-38(36)40)32-24-22-28(23-25-32)39-26-29-12-4-6-16-33(29)35-18-8-9-20-37(35)39/h1-27H/i1D,2D,3D,14D,15D. The predicted molar refractivity (Wildman–Crippen MR) is 177 cm³/mol. The van der Waals surface area contributed by atoms with E-state index in [1.807, 2.05) is 59.5 Å². The Kier molecular flexibility index (Phi) is 4.43. The second-order valence-electron chi connectivity index (χ2n) is 10.2. The first-order chi connectivity index (χ1) is 22.4. The van der Waals surface area contributed by atoms with Gasteiger partial charge in [0, 0.05) is 16.8 Å². The molecule has 0 amide bonds. The number of hydrogen-bond donors (Lipinski definition) is 0. The van der Waals surface area contributed by atoms with Crippen molar-refractivity contribution in [2.75, 3.05) is 4.90 Å². The molecule has 41 heavy (non-hydrogen) atoms. The number of fused-ring (bicyclic) bond motifs is 6. The molecule has 0 unspecified atom stereocenters. The average Bonchev–Trinajstić information content (AvgIpc) is 3.11. The summed E-state index contributed by atoms with van der Waals surface area (Å²) < 4.78 is 43.2. The maximum Gasteiger partial charge on any atom is 0.0645 e. The highest BCUT2D eigenvalue weighted by molar-refractivity contribution is 6.15. The summed E-state index contributed by atoms with van der Waals surface area (Å²) in [6.45, 7) is 0. The van der Waals surface area contributed by atoms with Gasteiger partial charge in [-0.3, -0.25) is 0 Å². The molecule has 1 nitrogen and oxygen atoms in total. The smallest absolute Gasteiger partial charge is 0.0645 e. The van der Waals surface area contributed by atoms with Gasteiger partial charge in [-0.05, 0) is 85.2 Å². The number of anilines is 3. The topological polar surface area (TPSA) is 3.24 Å². The van der Waals surface area contributed by atoms with Crippen molar-refractivity contribution in [1.29, 1.82) is 0 Å². The maximum atomic E-state index is 8.97. The van der Waals surface area contributed by atoms with Crippen LogP contribution < -0.4 is 4.90 Å². The summed E-state index contributed by atoms with van der Waals surface area (Å²) in [6, 6.07) is 43.6. The number of hydrogen-bond acceptors (Lipinski definition) is 1. The number of para-hydroxylation sites is 1. The molecule has 0 aliphatic heterocycles. The summed E-state index contributed by atoms with van der Waals surface area (Å²) in [5.41, 5.74) is 3.65. The van der Waals surface area contributed by atoms with Crippen LogP contribution in [0.1, 0.15) is 6.85 Å². The van der Waals surface area contributed by atoms with E-state index in [9.17, 15) is 0 Å². The molecule has 0 radical (unpaired) electrons.